The van der Waals surface area contributed by atoms with Gasteiger partial charge in [0.25, 0.3) is 11.8 Å². The van der Waals surface area contributed by atoms with Crippen LogP contribution < -0.4 is 5.32 Å². The predicted octanol–water partition coefficient (Wildman–Crippen LogP) is -0.521. The fraction of sp³-hybridized carbons (Fsp3) is 0.438. The smallest absolute Gasteiger partial charge is 0.352 e. The first-order chi connectivity index (χ1) is 15.7. The van der Waals surface area contributed by atoms with Crippen molar-refractivity contribution in [1.29, 1.82) is 0 Å². The number of carbonyl (C=O) groups is 3. The first kappa shape index (κ1) is 22.7. The third-order valence-corrected chi connectivity index (χ3v) is 7.41. The van der Waals surface area contributed by atoms with Gasteiger partial charge in [-0.1, -0.05) is 11.8 Å². The van der Waals surface area contributed by atoms with Gasteiger partial charge in [0.05, 0.1) is 4.92 Å². The highest BCUT2D eigenvalue weighted by molar-refractivity contribution is 8.01. The Morgan fingerprint density at radius 3 is 2.82 bits per heavy atom. The van der Waals surface area contributed by atoms with Crippen LogP contribution in [0.5, 0.6) is 0 Å². The van der Waals surface area contributed by atoms with Crippen LogP contribution in [0.15, 0.2) is 22.6 Å². The number of aromatic nitrogens is 6. The molecule has 2 amide bonds. The molecule has 33 heavy (non-hydrogen) atoms. The summed E-state index contributed by atoms with van der Waals surface area (Å²) in [5.74, 6) is -2.17. The third-order valence-electron chi connectivity index (χ3n) is 4.97. The van der Waals surface area contributed by atoms with Crippen LogP contribution >= 0.6 is 23.5 Å². The number of tetrazole rings is 1. The molecular formula is C16H17N9O6S2. The van der Waals surface area contributed by atoms with E-state index in [0.717, 1.165) is 11.1 Å². The van der Waals surface area contributed by atoms with E-state index in [-0.39, 0.29) is 11.4 Å². The first-order valence-corrected chi connectivity index (χ1v) is 11.5. The van der Waals surface area contributed by atoms with E-state index in [4.69, 9.17) is 0 Å². The molecule has 2 aliphatic rings. The molecule has 0 saturated carbocycles. The summed E-state index contributed by atoms with van der Waals surface area (Å²) in [6.45, 7) is 2.03. The molecule has 2 aromatic heterocycles. The SMILES string of the molecule is CCn1cc([N+](=O)[O-])c(C(=O)N[C@@H]2C(=O)N3C(C(=O)O)=C(CSc4nnnn4C)CS[C@@H]23)n1. The molecule has 2 atom stereocenters. The number of thioether (sulfide) groups is 2. The van der Waals surface area contributed by atoms with Gasteiger partial charge in [-0.3, -0.25) is 29.3 Å². The maximum Gasteiger partial charge on any atom is 0.352 e. The summed E-state index contributed by atoms with van der Waals surface area (Å²) in [6.07, 6.45) is 1.14. The van der Waals surface area contributed by atoms with Crippen molar-refractivity contribution in [3.63, 3.8) is 0 Å². The van der Waals surface area contributed by atoms with Crippen molar-refractivity contribution in [3.05, 3.63) is 33.3 Å². The van der Waals surface area contributed by atoms with Crippen molar-refractivity contribution in [2.75, 3.05) is 11.5 Å². The lowest BCUT2D eigenvalue weighted by Crippen LogP contribution is -2.70. The van der Waals surface area contributed by atoms with Gasteiger partial charge in [0.1, 0.15) is 23.3 Å². The molecule has 2 aromatic rings. The molecule has 15 nitrogen and oxygen atoms in total. The number of hydrogen-bond acceptors (Lipinski definition) is 11. The van der Waals surface area contributed by atoms with Gasteiger partial charge in [0, 0.05) is 25.1 Å². The summed E-state index contributed by atoms with van der Waals surface area (Å²) in [5.41, 5.74) is -0.499. The summed E-state index contributed by atoms with van der Waals surface area (Å²) in [5, 5.41) is 38.3. The number of carbonyl (C=O) groups excluding carboxylic acids is 2. The Labute approximate surface area is 193 Å². The standard InChI is InChI=1S/C16H17N9O6S2/c1-3-23-4-8(25(30)31)9(19-23)12(26)17-10-13(27)24-11(15(28)29)7(5-32-14(10)24)6-33-16-18-20-21-22(16)2/h4,10,14H,3,5-6H2,1-2H3,(H,17,26)(H,28,29)/t10-,14+/m1/s1. The number of amides is 2. The lowest BCUT2D eigenvalue weighted by molar-refractivity contribution is -0.385. The second-order valence-electron chi connectivity index (χ2n) is 6.97. The Bertz CT molecular complexity index is 1190. The second kappa shape index (κ2) is 8.81. The highest BCUT2D eigenvalue weighted by Crippen LogP contribution is 2.41. The van der Waals surface area contributed by atoms with Gasteiger partial charge in [-0.15, -0.1) is 16.9 Å². The summed E-state index contributed by atoms with van der Waals surface area (Å²) in [6, 6.07) is -1.03. The Morgan fingerprint density at radius 2 is 2.21 bits per heavy atom. The van der Waals surface area contributed by atoms with Crippen LogP contribution in [-0.2, 0) is 23.2 Å². The minimum atomic E-state index is -1.26. The summed E-state index contributed by atoms with van der Waals surface area (Å²) < 4.78 is 2.70. The second-order valence-corrected chi connectivity index (χ2v) is 9.02. The number of nitrogens with one attached hydrogen (secondary N) is 1. The number of aliphatic carboxylic acids is 1. The van der Waals surface area contributed by atoms with Gasteiger partial charge < -0.3 is 10.4 Å². The highest BCUT2D eigenvalue weighted by atomic mass is 32.2. The largest absolute Gasteiger partial charge is 0.477 e. The quantitative estimate of drug-likeness (QED) is 0.206. The molecular weight excluding hydrogens is 478 g/mol. The molecule has 174 valence electrons. The topological polar surface area (TPSA) is 191 Å². The highest BCUT2D eigenvalue weighted by Gasteiger charge is 2.54. The molecule has 1 fully saturated rings. The Kier molecular flexibility index (Phi) is 6.07. The van der Waals surface area contributed by atoms with Gasteiger partial charge in [0.2, 0.25) is 10.9 Å². The van der Waals surface area contributed by atoms with Crippen molar-refractivity contribution in [2.45, 2.75) is 30.0 Å². The maximum atomic E-state index is 12.8. The van der Waals surface area contributed by atoms with Crippen molar-refractivity contribution in [3.8, 4) is 0 Å². The molecule has 0 radical (unpaired) electrons. The minimum Gasteiger partial charge on any atom is -0.477 e. The number of hydrogen-bond donors (Lipinski definition) is 2. The van der Waals surface area contributed by atoms with Crippen molar-refractivity contribution in [1.82, 2.24) is 40.2 Å². The molecule has 4 heterocycles. The van der Waals surface area contributed by atoms with Crippen LogP contribution in [-0.4, -0.2) is 85.6 Å². The third kappa shape index (κ3) is 4.04. The summed E-state index contributed by atoms with van der Waals surface area (Å²) in [7, 11) is 1.65. The number of nitro groups is 1. The monoisotopic (exact) mass is 495 g/mol. The number of carboxylic acid groups (broad SMARTS) is 1. The van der Waals surface area contributed by atoms with Gasteiger partial charge in [0.15, 0.2) is 0 Å². The van der Waals surface area contributed by atoms with Crippen LogP contribution in [0.25, 0.3) is 0 Å². The lowest BCUT2D eigenvalue weighted by Gasteiger charge is -2.49. The van der Waals surface area contributed by atoms with Crippen molar-refractivity contribution >= 4 is 47.0 Å². The van der Waals surface area contributed by atoms with E-state index in [1.54, 1.807) is 14.0 Å². The molecule has 0 aliphatic carbocycles. The zero-order chi connectivity index (χ0) is 23.9. The first-order valence-electron chi connectivity index (χ1n) is 9.50. The lowest BCUT2D eigenvalue weighted by atomic mass is 10.0. The Balaban J connectivity index is 1.51. The van der Waals surface area contributed by atoms with Gasteiger partial charge >= 0.3 is 11.7 Å². The molecule has 17 heteroatoms. The van der Waals surface area contributed by atoms with Crippen LogP contribution in [0.1, 0.15) is 17.4 Å². The average Bonchev–Trinajstić information content (AvgIpc) is 3.41. The molecule has 0 bridgehead atoms. The summed E-state index contributed by atoms with van der Waals surface area (Å²) in [4.78, 5) is 49.0. The number of carboxylic acids is 1. The molecule has 2 aliphatic heterocycles. The van der Waals surface area contributed by atoms with E-state index < -0.39 is 45.5 Å². The number of aryl methyl sites for hydroxylation is 2. The Morgan fingerprint density at radius 1 is 1.45 bits per heavy atom. The van der Waals surface area contributed by atoms with E-state index in [9.17, 15) is 29.6 Å². The zero-order valence-corrected chi connectivity index (χ0v) is 18.9. The number of fused-ring (bicyclic) bond motifs is 1. The van der Waals surface area contributed by atoms with Crippen molar-refractivity contribution in [2.24, 2.45) is 7.05 Å². The van der Waals surface area contributed by atoms with E-state index in [1.807, 2.05) is 0 Å². The number of β-lactam (4-membered cyclic amide) rings is 1. The molecule has 0 aromatic carbocycles. The molecule has 0 unspecified atom stereocenters. The molecule has 1 saturated heterocycles. The van der Waals surface area contributed by atoms with E-state index in [0.29, 0.717) is 23.0 Å². The minimum absolute atomic E-state index is 0.141. The van der Waals surface area contributed by atoms with Crippen molar-refractivity contribution < 1.29 is 24.4 Å². The Hall–Kier alpha value is -3.47. The van der Waals surface area contributed by atoms with Gasteiger partial charge in [-0.2, -0.15) is 5.10 Å². The van der Waals surface area contributed by atoms with Crippen LogP contribution in [0.2, 0.25) is 0 Å². The fourth-order valence-electron chi connectivity index (χ4n) is 3.37. The van der Waals surface area contributed by atoms with Crippen LogP contribution in [0.4, 0.5) is 5.69 Å². The predicted molar refractivity (Wildman–Crippen MR) is 113 cm³/mol. The van der Waals surface area contributed by atoms with Crippen LogP contribution in [0.3, 0.4) is 0 Å². The molecule has 0 spiro atoms. The van der Waals surface area contributed by atoms with E-state index in [2.05, 4.69) is 25.9 Å². The zero-order valence-electron chi connectivity index (χ0n) is 17.2. The van der Waals surface area contributed by atoms with E-state index in [1.165, 1.54) is 32.9 Å². The van der Waals surface area contributed by atoms with Gasteiger partial charge in [-0.25, -0.2) is 9.48 Å². The summed E-state index contributed by atoms with van der Waals surface area (Å²) >= 11 is 2.53. The normalized spacial score (nSPS) is 19.8. The molecule has 2 N–H and O–H groups in total. The average molecular weight is 496 g/mol. The number of nitrogens with zero attached hydrogens (tertiary/aromatic N) is 8. The van der Waals surface area contributed by atoms with E-state index >= 15 is 0 Å². The van der Waals surface area contributed by atoms with Crippen LogP contribution in [0, 0.1) is 10.1 Å². The fourth-order valence-corrected chi connectivity index (χ4v) is 5.70. The van der Waals surface area contributed by atoms with Gasteiger partial charge in [-0.05, 0) is 22.9 Å². The molecule has 4 rings (SSSR count). The maximum absolute atomic E-state index is 12.8. The number of rotatable bonds is 8.